The lowest BCUT2D eigenvalue weighted by atomic mass is 10.3. The van der Waals surface area contributed by atoms with E-state index in [4.69, 9.17) is 9.26 Å². The second kappa shape index (κ2) is 7.45. The van der Waals surface area contributed by atoms with Crippen LogP contribution >= 0.6 is 0 Å². The maximum atomic E-state index is 12.5. The first-order valence-corrected chi connectivity index (χ1v) is 10.4. The van der Waals surface area contributed by atoms with E-state index in [9.17, 15) is 8.42 Å². The molecule has 1 N–H and O–H groups in total. The van der Waals surface area contributed by atoms with Crippen molar-refractivity contribution in [3.05, 3.63) is 24.0 Å². The number of ether oxygens (including phenoxy) is 1. The van der Waals surface area contributed by atoms with Crippen LogP contribution in [0, 0.1) is 13.8 Å². The molecule has 3 aromatic rings. The first-order chi connectivity index (χ1) is 13.5. The standard InChI is InChI=1S/C16H21N7O4S/c1-11-14(12(2)27-21-11)28(24,25)20-3-4-23-16-13(9-19-23)15(17-10-18-16)22-5-7-26-8-6-22/h9-10,20H,3-8H2,1-2H3. The number of morpholine rings is 1. The first-order valence-electron chi connectivity index (χ1n) is 8.89. The SMILES string of the molecule is Cc1noc(C)c1S(=O)(=O)NCCn1ncc2c(N3CCOCC3)ncnc21. The van der Waals surface area contributed by atoms with Crippen LogP contribution in [0.3, 0.4) is 0 Å². The van der Waals surface area contributed by atoms with Gasteiger partial charge in [0.05, 0.1) is 31.3 Å². The molecule has 12 heteroatoms. The molecule has 0 bridgehead atoms. The summed E-state index contributed by atoms with van der Waals surface area (Å²) in [6.45, 7) is 6.47. The fourth-order valence-corrected chi connectivity index (χ4v) is 4.63. The average molecular weight is 407 g/mol. The molecular formula is C16H21N7O4S. The highest BCUT2D eigenvalue weighted by atomic mass is 32.2. The lowest BCUT2D eigenvalue weighted by molar-refractivity contribution is 0.122. The van der Waals surface area contributed by atoms with E-state index in [2.05, 4.69) is 29.8 Å². The number of sulfonamides is 1. The van der Waals surface area contributed by atoms with Gasteiger partial charge in [0.1, 0.15) is 22.7 Å². The van der Waals surface area contributed by atoms with Crippen LogP contribution in [0.2, 0.25) is 0 Å². The van der Waals surface area contributed by atoms with Gasteiger partial charge in [-0.2, -0.15) is 5.10 Å². The van der Waals surface area contributed by atoms with Crippen LogP contribution in [0.5, 0.6) is 0 Å². The summed E-state index contributed by atoms with van der Waals surface area (Å²) < 4.78 is 39.6. The van der Waals surface area contributed by atoms with Gasteiger partial charge in [0.15, 0.2) is 11.4 Å². The van der Waals surface area contributed by atoms with Gasteiger partial charge in [0.25, 0.3) is 0 Å². The summed E-state index contributed by atoms with van der Waals surface area (Å²) in [5.41, 5.74) is 0.991. The second-order valence-corrected chi connectivity index (χ2v) is 8.16. The van der Waals surface area contributed by atoms with E-state index in [0.717, 1.165) is 24.3 Å². The molecule has 11 nitrogen and oxygen atoms in total. The maximum absolute atomic E-state index is 12.5. The predicted octanol–water partition coefficient (Wildman–Crippen LogP) is 0.246. The number of aromatic nitrogens is 5. The Balaban J connectivity index is 1.50. The smallest absolute Gasteiger partial charge is 0.246 e. The highest BCUT2D eigenvalue weighted by Gasteiger charge is 2.24. The molecule has 1 fully saturated rings. The third-order valence-electron chi connectivity index (χ3n) is 4.58. The molecule has 1 aliphatic rings. The fraction of sp³-hybridized carbons (Fsp3) is 0.500. The average Bonchev–Trinajstić information content (AvgIpc) is 3.25. The highest BCUT2D eigenvalue weighted by molar-refractivity contribution is 7.89. The minimum Gasteiger partial charge on any atom is -0.378 e. The normalized spacial score (nSPS) is 15.4. The largest absolute Gasteiger partial charge is 0.378 e. The lowest BCUT2D eigenvalue weighted by Gasteiger charge is -2.27. The number of hydrogen-bond donors (Lipinski definition) is 1. The van der Waals surface area contributed by atoms with E-state index in [1.807, 2.05) is 0 Å². The zero-order chi connectivity index (χ0) is 19.7. The lowest BCUT2D eigenvalue weighted by Crippen LogP contribution is -2.36. The number of nitrogens with zero attached hydrogens (tertiary/aromatic N) is 6. The van der Waals surface area contributed by atoms with Crippen molar-refractivity contribution in [3.63, 3.8) is 0 Å². The zero-order valence-electron chi connectivity index (χ0n) is 15.6. The third kappa shape index (κ3) is 3.45. The number of rotatable bonds is 6. The molecule has 0 aliphatic carbocycles. The molecule has 1 aliphatic heterocycles. The molecule has 1 saturated heterocycles. The molecule has 0 saturated carbocycles. The monoisotopic (exact) mass is 407 g/mol. The quantitative estimate of drug-likeness (QED) is 0.611. The molecule has 0 unspecified atom stereocenters. The Kier molecular flexibility index (Phi) is 5.00. The first kappa shape index (κ1) is 18.8. The minimum absolute atomic E-state index is 0.0785. The molecular weight excluding hydrogens is 386 g/mol. The Morgan fingerprint density at radius 1 is 1.21 bits per heavy atom. The Bertz CT molecular complexity index is 1070. The van der Waals surface area contributed by atoms with Gasteiger partial charge in [-0.25, -0.2) is 27.8 Å². The van der Waals surface area contributed by atoms with Crippen LogP contribution in [0.15, 0.2) is 21.9 Å². The summed E-state index contributed by atoms with van der Waals surface area (Å²) in [5, 5.41) is 8.88. The Morgan fingerprint density at radius 2 is 2.00 bits per heavy atom. The minimum atomic E-state index is -3.71. The van der Waals surface area contributed by atoms with Gasteiger partial charge in [-0.1, -0.05) is 5.16 Å². The Labute approximate surface area is 161 Å². The van der Waals surface area contributed by atoms with Crippen molar-refractivity contribution < 1.29 is 17.7 Å². The van der Waals surface area contributed by atoms with Crippen LogP contribution in [-0.2, 0) is 21.3 Å². The van der Waals surface area contributed by atoms with Gasteiger partial charge in [0, 0.05) is 19.6 Å². The topological polar surface area (TPSA) is 128 Å². The van der Waals surface area contributed by atoms with Gasteiger partial charge < -0.3 is 14.2 Å². The Hall–Kier alpha value is -2.57. The molecule has 4 heterocycles. The number of aryl methyl sites for hydroxylation is 2. The molecule has 0 atom stereocenters. The number of anilines is 1. The van der Waals surface area contributed by atoms with E-state index < -0.39 is 10.0 Å². The Morgan fingerprint density at radius 3 is 2.71 bits per heavy atom. The van der Waals surface area contributed by atoms with Crippen molar-refractivity contribution >= 4 is 26.9 Å². The number of hydrogen-bond acceptors (Lipinski definition) is 9. The zero-order valence-corrected chi connectivity index (χ0v) is 16.4. The van der Waals surface area contributed by atoms with Gasteiger partial charge in [-0.3, -0.25) is 0 Å². The molecule has 0 radical (unpaired) electrons. The molecule has 28 heavy (non-hydrogen) atoms. The number of nitrogens with one attached hydrogen (secondary N) is 1. The predicted molar refractivity (Wildman–Crippen MR) is 99.5 cm³/mol. The van der Waals surface area contributed by atoms with Crippen LogP contribution in [0.4, 0.5) is 5.82 Å². The summed E-state index contributed by atoms with van der Waals surface area (Å²) in [5.74, 6) is 1.08. The van der Waals surface area contributed by atoms with Crippen molar-refractivity contribution in [1.82, 2.24) is 29.6 Å². The summed E-state index contributed by atoms with van der Waals surface area (Å²) in [6.07, 6.45) is 3.21. The summed E-state index contributed by atoms with van der Waals surface area (Å²) in [6, 6.07) is 0. The van der Waals surface area contributed by atoms with Gasteiger partial charge >= 0.3 is 0 Å². The molecule has 150 valence electrons. The summed E-state index contributed by atoms with van der Waals surface area (Å²) in [7, 11) is -3.71. The molecule has 4 rings (SSSR count). The van der Waals surface area contributed by atoms with Crippen molar-refractivity contribution in [2.45, 2.75) is 25.3 Å². The maximum Gasteiger partial charge on any atom is 0.246 e. The van der Waals surface area contributed by atoms with E-state index in [1.54, 1.807) is 24.7 Å². The van der Waals surface area contributed by atoms with Crippen LogP contribution < -0.4 is 9.62 Å². The van der Waals surface area contributed by atoms with E-state index in [1.165, 1.54) is 6.33 Å². The van der Waals surface area contributed by atoms with E-state index in [0.29, 0.717) is 31.1 Å². The second-order valence-electron chi connectivity index (χ2n) is 6.45. The van der Waals surface area contributed by atoms with Crippen LogP contribution in [-0.4, -0.2) is 66.2 Å². The summed E-state index contributed by atoms with van der Waals surface area (Å²) in [4.78, 5) is 10.9. The van der Waals surface area contributed by atoms with E-state index in [-0.39, 0.29) is 17.2 Å². The van der Waals surface area contributed by atoms with Gasteiger partial charge in [-0.15, -0.1) is 0 Å². The van der Waals surface area contributed by atoms with Crippen molar-refractivity contribution in [2.75, 3.05) is 37.7 Å². The highest BCUT2D eigenvalue weighted by Crippen LogP contribution is 2.23. The molecule has 0 aromatic carbocycles. The van der Waals surface area contributed by atoms with Crippen LogP contribution in [0.1, 0.15) is 11.5 Å². The third-order valence-corrected chi connectivity index (χ3v) is 6.28. The van der Waals surface area contributed by atoms with Gasteiger partial charge in [0.2, 0.25) is 10.0 Å². The fourth-order valence-electron chi connectivity index (χ4n) is 3.29. The van der Waals surface area contributed by atoms with Crippen molar-refractivity contribution in [1.29, 1.82) is 0 Å². The van der Waals surface area contributed by atoms with Crippen molar-refractivity contribution in [3.8, 4) is 0 Å². The van der Waals surface area contributed by atoms with Crippen LogP contribution in [0.25, 0.3) is 11.0 Å². The number of fused-ring (bicyclic) bond motifs is 1. The van der Waals surface area contributed by atoms with Crippen molar-refractivity contribution in [2.24, 2.45) is 0 Å². The molecule has 0 spiro atoms. The van der Waals surface area contributed by atoms with E-state index >= 15 is 0 Å². The van der Waals surface area contributed by atoms with Gasteiger partial charge in [-0.05, 0) is 13.8 Å². The summed E-state index contributed by atoms with van der Waals surface area (Å²) >= 11 is 0. The molecule has 3 aromatic heterocycles. The molecule has 0 amide bonds.